The summed E-state index contributed by atoms with van der Waals surface area (Å²) in [5, 5.41) is 5.78. The first-order valence-corrected chi connectivity index (χ1v) is 15.9. The van der Waals surface area contributed by atoms with Gasteiger partial charge in [-0.25, -0.2) is 0 Å². The number of amides is 3. The first-order chi connectivity index (χ1) is 22.6. The van der Waals surface area contributed by atoms with Crippen LogP contribution in [-0.2, 0) is 20.9 Å². The standard InChI is InChI=1S/C36H44N4O7/c1-25-13-15-31(33(22-25)46-21-9-5-6-12-34(42)40-19-17-39(3)18-20-40)38-35(43)27-14-16-30(28(23-27)24-45-4)37-36(44)29-10-7-8-11-32(29)47-26(2)41/h7-8,10-11,13-16,22-23H,5-6,9,12,17-21,24H2,1-4H3,(H,37,44)(H,38,43). The second kappa shape index (κ2) is 17.3. The molecule has 11 nitrogen and oxygen atoms in total. The van der Waals surface area contributed by atoms with Gasteiger partial charge in [-0.1, -0.05) is 18.2 Å². The van der Waals surface area contributed by atoms with Crippen LogP contribution in [-0.4, -0.2) is 80.4 Å². The van der Waals surface area contributed by atoms with Gasteiger partial charge >= 0.3 is 5.97 Å². The van der Waals surface area contributed by atoms with Crippen LogP contribution in [0.3, 0.4) is 0 Å². The summed E-state index contributed by atoms with van der Waals surface area (Å²) in [4.78, 5) is 54.6. The third-order valence-electron chi connectivity index (χ3n) is 7.83. The highest BCUT2D eigenvalue weighted by Crippen LogP contribution is 2.28. The molecule has 0 atom stereocenters. The van der Waals surface area contributed by atoms with Crippen molar-refractivity contribution in [3.63, 3.8) is 0 Å². The van der Waals surface area contributed by atoms with Crippen molar-refractivity contribution >= 4 is 35.1 Å². The van der Waals surface area contributed by atoms with Gasteiger partial charge in [0, 0.05) is 63.4 Å². The topological polar surface area (TPSA) is 127 Å². The van der Waals surface area contributed by atoms with Crippen molar-refractivity contribution in [2.75, 3.05) is 57.6 Å². The zero-order chi connectivity index (χ0) is 33.8. The lowest BCUT2D eigenvalue weighted by atomic mass is 10.1. The number of nitrogens with zero attached hydrogens (tertiary/aromatic N) is 2. The van der Waals surface area contributed by atoms with Gasteiger partial charge in [0.1, 0.15) is 11.5 Å². The second-order valence-electron chi connectivity index (χ2n) is 11.6. The Balaban J connectivity index is 1.34. The molecule has 47 heavy (non-hydrogen) atoms. The summed E-state index contributed by atoms with van der Waals surface area (Å²) >= 11 is 0. The van der Waals surface area contributed by atoms with Gasteiger partial charge in [0.15, 0.2) is 0 Å². The second-order valence-corrected chi connectivity index (χ2v) is 11.6. The predicted molar refractivity (Wildman–Crippen MR) is 180 cm³/mol. The fourth-order valence-corrected chi connectivity index (χ4v) is 5.22. The van der Waals surface area contributed by atoms with Crippen molar-refractivity contribution in [3.05, 3.63) is 82.9 Å². The maximum absolute atomic E-state index is 13.4. The molecule has 0 aliphatic carbocycles. The van der Waals surface area contributed by atoms with Crippen molar-refractivity contribution in [3.8, 4) is 11.5 Å². The Labute approximate surface area is 276 Å². The van der Waals surface area contributed by atoms with Crippen LogP contribution in [0.2, 0.25) is 0 Å². The third kappa shape index (κ3) is 10.4. The quantitative estimate of drug-likeness (QED) is 0.138. The first-order valence-electron chi connectivity index (χ1n) is 15.9. The minimum atomic E-state index is -0.535. The number of carbonyl (C=O) groups excluding carboxylic acids is 4. The highest BCUT2D eigenvalue weighted by Gasteiger charge is 2.19. The van der Waals surface area contributed by atoms with Crippen molar-refractivity contribution in [1.29, 1.82) is 0 Å². The van der Waals surface area contributed by atoms with Crippen LogP contribution in [0.4, 0.5) is 11.4 Å². The number of methoxy groups -OCH3 is 1. The van der Waals surface area contributed by atoms with Gasteiger partial charge in [-0.05, 0) is 81.3 Å². The highest BCUT2D eigenvalue weighted by atomic mass is 16.5. The smallest absolute Gasteiger partial charge is 0.308 e. The lowest BCUT2D eigenvalue weighted by Crippen LogP contribution is -2.47. The Hall–Kier alpha value is -4.74. The van der Waals surface area contributed by atoms with E-state index in [9.17, 15) is 19.2 Å². The molecule has 2 N–H and O–H groups in total. The maximum atomic E-state index is 13.4. The number of carbonyl (C=O) groups is 4. The Kier molecular flexibility index (Phi) is 12.9. The highest BCUT2D eigenvalue weighted by molar-refractivity contribution is 6.08. The van der Waals surface area contributed by atoms with Crippen LogP contribution < -0.4 is 20.1 Å². The molecule has 1 aliphatic heterocycles. The number of esters is 1. The van der Waals surface area contributed by atoms with Crippen LogP contribution in [0.5, 0.6) is 11.5 Å². The molecule has 3 amide bonds. The van der Waals surface area contributed by atoms with Gasteiger partial charge in [-0.15, -0.1) is 0 Å². The van der Waals surface area contributed by atoms with Gasteiger partial charge in [0.25, 0.3) is 11.8 Å². The lowest BCUT2D eigenvalue weighted by Gasteiger charge is -2.32. The van der Waals surface area contributed by atoms with Crippen LogP contribution in [0.1, 0.15) is 64.4 Å². The molecule has 0 unspecified atom stereocenters. The molecule has 0 bridgehead atoms. The number of benzene rings is 3. The first kappa shape index (κ1) is 35.1. The Bertz CT molecular complexity index is 1570. The van der Waals surface area contributed by atoms with E-state index in [1.54, 1.807) is 42.5 Å². The number of piperazine rings is 1. The molecule has 1 heterocycles. The number of hydrogen-bond acceptors (Lipinski definition) is 8. The monoisotopic (exact) mass is 644 g/mol. The number of unbranched alkanes of at least 4 members (excludes halogenated alkanes) is 2. The normalized spacial score (nSPS) is 13.1. The molecule has 1 fully saturated rings. The largest absolute Gasteiger partial charge is 0.491 e. The number of aryl methyl sites for hydroxylation is 1. The van der Waals surface area contributed by atoms with Gasteiger partial charge in [0.2, 0.25) is 5.91 Å². The summed E-state index contributed by atoms with van der Waals surface area (Å²) in [7, 11) is 3.60. The van der Waals surface area contributed by atoms with Gasteiger partial charge < -0.3 is 34.6 Å². The number of nitrogens with one attached hydrogen (secondary N) is 2. The molecule has 3 aromatic rings. The van der Waals surface area contributed by atoms with E-state index >= 15 is 0 Å². The third-order valence-corrected chi connectivity index (χ3v) is 7.83. The number of rotatable bonds is 14. The minimum Gasteiger partial charge on any atom is -0.491 e. The predicted octanol–water partition coefficient (Wildman–Crippen LogP) is 5.28. The van der Waals surface area contributed by atoms with E-state index in [1.807, 2.05) is 30.0 Å². The van der Waals surface area contributed by atoms with Crippen molar-refractivity contribution in [2.24, 2.45) is 0 Å². The minimum absolute atomic E-state index is 0.141. The molecule has 1 aliphatic rings. The molecule has 250 valence electrons. The maximum Gasteiger partial charge on any atom is 0.308 e. The Morgan fingerprint density at radius 1 is 0.809 bits per heavy atom. The van der Waals surface area contributed by atoms with E-state index in [4.69, 9.17) is 14.2 Å². The summed E-state index contributed by atoms with van der Waals surface area (Å²) in [5.74, 6) is -0.423. The molecule has 4 rings (SSSR count). The van der Waals surface area contributed by atoms with Gasteiger partial charge in [-0.3, -0.25) is 19.2 Å². The molecule has 1 saturated heterocycles. The number of likely N-dealkylation sites (N-methyl/N-ethyl adjacent to an activating group) is 1. The van der Waals surface area contributed by atoms with E-state index in [0.29, 0.717) is 41.3 Å². The van der Waals surface area contributed by atoms with Crippen LogP contribution in [0, 0.1) is 6.92 Å². The average Bonchev–Trinajstić information content (AvgIpc) is 3.04. The van der Waals surface area contributed by atoms with Crippen LogP contribution >= 0.6 is 0 Å². The van der Waals surface area contributed by atoms with Crippen LogP contribution in [0.15, 0.2) is 60.7 Å². The van der Waals surface area contributed by atoms with Gasteiger partial charge in [-0.2, -0.15) is 0 Å². The molecule has 0 aromatic heterocycles. The van der Waals surface area contributed by atoms with Crippen molar-refractivity contribution in [2.45, 2.75) is 46.1 Å². The fourth-order valence-electron chi connectivity index (χ4n) is 5.22. The summed E-state index contributed by atoms with van der Waals surface area (Å²) in [6.45, 7) is 7.25. The molecular weight excluding hydrogens is 600 g/mol. The Morgan fingerprint density at radius 2 is 1.53 bits per heavy atom. The molecule has 0 spiro atoms. The van der Waals surface area contributed by atoms with Crippen LogP contribution in [0.25, 0.3) is 0 Å². The van der Waals surface area contributed by atoms with E-state index in [1.165, 1.54) is 14.0 Å². The zero-order valence-electron chi connectivity index (χ0n) is 27.6. The average molecular weight is 645 g/mol. The van der Waals surface area contributed by atoms with E-state index in [0.717, 1.165) is 51.0 Å². The fraction of sp³-hybridized carbons (Fsp3) is 0.389. The Morgan fingerprint density at radius 3 is 2.28 bits per heavy atom. The molecule has 11 heteroatoms. The van der Waals surface area contributed by atoms with E-state index in [2.05, 4.69) is 22.6 Å². The summed E-state index contributed by atoms with van der Waals surface area (Å²) in [6.07, 6.45) is 3.01. The number of ether oxygens (including phenoxy) is 3. The summed E-state index contributed by atoms with van der Waals surface area (Å²) in [6, 6.07) is 16.9. The molecule has 3 aromatic carbocycles. The van der Waals surface area contributed by atoms with Crippen molar-refractivity contribution in [1.82, 2.24) is 9.80 Å². The lowest BCUT2D eigenvalue weighted by molar-refractivity contribution is -0.133. The number of hydrogen-bond donors (Lipinski definition) is 2. The van der Waals surface area contributed by atoms with E-state index < -0.39 is 11.9 Å². The summed E-state index contributed by atoms with van der Waals surface area (Å²) in [5.41, 5.74) is 3.14. The SMILES string of the molecule is COCc1cc(C(=O)Nc2ccc(C)cc2OCCCCCC(=O)N2CCN(C)CC2)ccc1NC(=O)c1ccccc1OC(C)=O. The van der Waals surface area contributed by atoms with Crippen molar-refractivity contribution < 1.29 is 33.4 Å². The number of para-hydroxylation sites is 1. The summed E-state index contributed by atoms with van der Waals surface area (Å²) < 4.78 is 16.6. The number of anilines is 2. The molecular formula is C36H44N4O7. The van der Waals surface area contributed by atoms with Gasteiger partial charge in [0.05, 0.1) is 24.5 Å². The molecule has 0 radical (unpaired) electrons. The molecule has 0 saturated carbocycles. The van der Waals surface area contributed by atoms with E-state index in [-0.39, 0.29) is 29.7 Å². The zero-order valence-corrected chi connectivity index (χ0v) is 27.6.